The Hall–Kier alpha value is -0.610. The van der Waals surface area contributed by atoms with Crippen molar-refractivity contribution in [3.8, 4) is 0 Å². The molecule has 1 fully saturated rings. The molecule has 3 unspecified atom stereocenters. The zero-order valence-electron chi connectivity index (χ0n) is 10.1. The third-order valence-corrected chi connectivity index (χ3v) is 4.60. The van der Waals surface area contributed by atoms with Crippen molar-refractivity contribution in [1.29, 1.82) is 0 Å². The first-order chi connectivity index (χ1) is 7.60. The summed E-state index contributed by atoms with van der Waals surface area (Å²) in [5, 5.41) is 3.55. The number of nitrogens with one attached hydrogen (secondary N) is 1. The molecule has 0 amide bonds. The standard InChI is InChI=1S/C12H19NO2S/c1-4-10-6-16(14)7-12(13-10)11-5-8(2)15-9(11)3/h5,10,12-13H,4,6-7H2,1-3H3. The van der Waals surface area contributed by atoms with E-state index in [4.69, 9.17) is 4.42 Å². The van der Waals surface area contributed by atoms with E-state index in [2.05, 4.69) is 18.3 Å². The summed E-state index contributed by atoms with van der Waals surface area (Å²) in [4.78, 5) is 0. The highest BCUT2D eigenvalue weighted by molar-refractivity contribution is 7.85. The number of rotatable bonds is 2. The molecular weight excluding hydrogens is 222 g/mol. The summed E-state index contributed by atoms with van der Waals surface area (Å²) in [6.07, 6.45) is 1.03. The normalized spacial score (nSPS) is 30.6. The molecule has 1 aromatic heterocycles. The van der Waals surface area contributed by atoms with Gasteiger partial charge in [0.1, 0.15) is 11.5 Å². The van der Waals surface area contributed by atoms with Crippen molar-refractivity contribution in [1.82, 2.24) is 5.32 Å². The van der Waals surface area contributed by atoms with Gasteiger partial charge in [-0.2, -0.15) is 0 Å². The predicted octanol–water partition coefficient (Wildman–Crippen LogP) is 2.07. The van der Waals surface area contributed by atoms with Gasteiger partial charge in [0.05, 0.1) is 0 Å². The monoisotopic (exact) mass is 241 g/mol. The quantitative estimate of drug-likeness (QED) is 0.862. The summed E-state index contributed by atoms with van der Waals surface area (Å²) < 4.78 is 17.3. The first kappa shape index (κ1) is 11.9. The van der Waals surface area contributed by atoms with Crippen LogP contribution in [0.2, 0.25) is 0 Å². The Kier molecular flexibility index (Phi) is 3.50. The lowest BCUT2D eigenvalue weighted by molar-refractivity contribution is 0.444. The number of hydrogen-bond donors (Lipinski definition) is 1. The van der Waals surface area contributed by atoms with Crippen molar-refractivity contribution < 1.29 is 8.63 Å². The van der Waals surface area contributed by atoms with Gasteiger partial charge in [-0.1, -0.05) is 6.92 Å². The number of hydrogen-bond acceptors (Lipinski definition) is 3. The minimum atomic E-state index is -0.704. The molecule has 0 aliphatic carbocycles. The molecule has 90 valence electrons. The maximum atomic E-state index is 11.8. The lowest BCUT2D eigenvalue weighted by Crippen LogP contribution is -2.44. The summed E-state index contributed by atoms with van der Waals surface area (Å²) in [6.45, 7) is 6.06. The highest BCUT2D eigenvalue weighted by atomic mass is 32.2. The van der Waals surface area contributed by atoms with Gasteiger partial charge in [-0.3, -0.25) is 4.21 Å². The average molecular weight is 241 g/mol. The van der Waals surface area contributed by atoms with Crippen LogP contribution in [0.3, 0.4) is 0 Å². The third kappa shape index (κ3) is 2.38. The van der Waals surface area contributed by atoms with Gasteiger partial charge in [-0.25, -0.2) is 0 Å². The van der Waals surface area contributed by atoms with Crippen LogP contribution in [0.25, 0.3) is 0 Å². The number of aryl methyl sites for hydroxylation is 2. The fourth-order valence-corrected chi connectivity index (χ4v) is 3.84. The summed E-state index contributed by atoms with van der Waals surface area (Å²) in [5.74, 6) is 3.36. The van der Waals surface area contributed by atoms with Crippen molar-refractivity contribution in [3.05, 3.63) is 23.2 Å². The first-order valence-electron chi connectivity index (χ1n) is 5.78. The maximum Gasteiger partial charge on any atom is 0.105 e. The van der Waals surface area contributed by atoms with Crippen LogP contribution in [0.4, 0.5) is 0 Å². The van der Waals surface area contributed by atoms with E-state index >= 15 is 0 Å². The largest absolute Gasteiger partial charge is 0.466 e. The van der Waals surface area contributed by atoms with E-state index in [1.165, 1.54) is 5.56 Å². The van der Waals surface area contributed by atoms with E-state index in [0.29, 0.717) is 11.8 Å². The van der Waals surface area contributed by atoms with Crippen LogP contribution in [0, 0.1) is 13.8 Å². The molecule has 0 radical (unpaired) electrons. The molecule has 1 saturated heterocycles. The Labute approximate surface area is 99.1 Å². The van der Waals surface area contributed by atoms with E-state index < -0.39 is 10.8 Å². The Morgan fingerprint density at radius 2 is 2.25 bits per heavy atom. The molecule has 1 aromatic rings. The van der Waals surface area contributed by atoms with Crippen molar-refractivity contribution in [2.24, 2.45) is 0 Å². The predicted molar refractivity (Wildman–Crippen MR) is 66.0 cm³/mol. The average Bonchev–Trinajstić information content (AvgIpc) is 2.57. The van der Waals surface area contributed by atoms with Gasteiger partial charge in [0.2, 0.25) is 0 Å². The van der Waals surface area contributed by atoms with E-state index in [0.717, 1.165) is 23.7 Å². The first-order valence-corrected chi connectivity index (χ1v) is 7.27. The van der Waals surface area contributed by atoms with Crippen LogP contribution >= 0.6 is 0 Å². The number of furan rings is 1. The Morgan fingerprint density at radius 3 is 2.81 bits per heavy atom. The highest BCUT2D eigenvalue weighted by Crippen LogP contribution is 2.25. The fraction of sp³-hybridized carbons (Fsp3) is 0.667. The minimum Gasteiger partial charge on any atom is -0.466 e. The summed E-state index contributed by atoms with van der Waals surface area (Å²) in [6, 6.07) is 2.62. The summed E-state index contributed by atoms with van der Waals surface area (Å²) in [5.41, 5.74) is 1.17. The zero-order valence-corrected chi connectivity index (χ0v) is 10.9. The van der Waals surface area contributed by atoms with Crippen molar-refractivity contribution in [2.45, 2.75) is 39.3 Å². The Bertz CT molecular complexity index is 400. The van der Waals surface area contributed by atoms with Gasteiger partial charge in [0, 0.05) is 40.0 Å². The van der Waals surface area contributed by atoms with Gasteiger partial charge in [-0.05, 0) is 26.3 Å². The molecule has 1 aliphatic rings. The molecule has 0 saturated carbocycles. The van der Waals surface area contributed by atoms with Crippen LogP contribution in [0.15, 0.2) is 10.5 Å². The van der Waals surface area contributed by atoms with Gasteiger partial charge >= 0.3 is 0 Å². The van der Waals surface area contributed by atoms with Crippen molar-refractivity contribution in [2.75, 3.05) is 11.5 Å². The zero-order chi connectivity index (χ0) is 11.7. The van der Waals surface area contributed by atoms with Gasteiger partial charge in [-0.15, -0.1) is 0 Å². The van der Waals surface area contributed by atoms with E-state index in [9.17, 15) is 4.21 Å². The molecular formula is C12H19NO2S. The van der Waals surface area contributed by atoms with Crippen LogP contribution in [0.5, 0.6) is 0 Å². The molecule has 4 heteroatoms. The molecule has 0 aromatic carbocycles. The van der Waals surface area contributed by atoms with E-state index in [-0.39, 0.29) is 6.04 Å². The lowest BCUT2D eigenvalue weighted by atomic mass is 10.1. The lowest BCUT2D eigenvalue weighted by Gasteiger charge is -2.29. The van der Waals surface area contributed by atoms with E-state index in [1.54, 1.807) is 0 Å². The maximum absolute atomic E-state index is 11.8. The Balaban J connectivity index is 2.20. The molecule has 2 rings (SSSR count). The van der Waals surface area contributed by atoms with Gasteiger partial charge < -0.3 is 9.73 Å². The van der Waals surface area contributed by atoms with Gasteiger partial charge in [0.25, 0.3) is 0 Å². The van der Waals surface area contributed by atoms with Crippen LogP contribution in [-0.4, -0.2) is 21.8 Å². The second-order valence-corrected chi connectivity index (χ2v) is 6.01. The molecule has 0 bridgehead atoms. The van der Waals surface area contributed by atoms with E-state index in [1.807, 2.05) is 13.8 Å². The molecule has 3 nitrogen and oxygen atoms in total. The van der Waals surface area contributed by atoms with Crippen LogP contribution < -0.4 is 5.32 Å². The molecule has 0 spiro atoms. The topological polar surface area (TPSA) is 42.2 Å². The SMILES string of the molecule is CCC1CS(=O)CC(c2cc(C)oc2C)N1. The van der Waals surface area contributed by atoms with Crippen molar-refractivity contribution >= 4 is 10.8 Å². The smallest absolute Gasteiger partial charge is 0.105 e. The van der Waals surface area contributed by atoms with Gasteiger partial charge in [0.15, 0.2) is 0 Å². The summed E-state index contributed by atoms with van der Waals surface area (Å²) in [7, 11) is -0.704. The van der Waals surface area contributed by atoms with Crippen molar-refractivity contribution in [3.63, 3.8) is 0 Å². The Morgan fingerprint density at radius 1 is 1.50 bits per heavy atom. The molecule has 16 heavy (non-hydrogen) atoms. The minimum absolute atomic E-state index is 0.192. The molecule has 3 atom stereocenters. The third-order valence-electron chi connectivity index (χ3n) is 3.12. The second kappa shape index (κ2) is 4.72. The van der Waals surface area contributed by atoms with Crippen LogP contribution in [0.1, 0.15) is 36.5 Å². The molecule has 1 aliphatic heterocycles. The summed E-state index contributed by atoms with van der Waals surface area (Å²) >= 11 is 0. The van der Waals surface area contributed by atoms with Crippen LogP contribution in [-0.2, 0) is 10.8 Å². The highest BCUT2D eigenvalue weighted by Gasteiger charge is 2.27. The molecule has 2 heterocycles. The fourth-order valence-electron chi connectivity index (χ4n) is 2.27. The second-order valence-electron chi connectivity index (χ2n) is 4.47. The molecule has 1 N–H and O–H groups in total.